The Balaban J connectivity index is 2.16. The number of hydrogen-bond acceptors (Lipinski definition) is 2. The molecule has 1 aromatic carbocycles. The average molecular weight is 337 g/mol. The highest BCUT2D eigenvalue weighted by atomic mass is 79.9. The van der Waals surface area contributed by atoms with Crippen molar-refractivity contribution >= 4 is 44.2 Å². The highest BCUT2D eigenvalue weighted by Crippen LogP contribution is 2.21. The van der Waals surface area contributed by atoms with Crippen molar-refractivity contribution in [2.45, 2.75) is 0 Å². The molecule has 0 bridgehead atoms. The van der Waals surface area contributed by atoms with Crippen LogP contribution in [0.25, 0.3) is 0 Å². The maximum atomic E-state index is 12.2. The molecule has 1 saturated heterocycles. The van der Waals surface area contributed by atoms with Gasteiger partial charge in [0.2, 0.25) is 0 Å². The SMILES string of the molecule is O=C(c1cc(Cl)cc(Br)c1)N1CCS(=O)CC1. The third-order valence-electron chi connectivity index (χ3n) is 2.57. The molecule has 92 valence electrons. The Morgan fingerprint density at radius 2 is 1.94 bits per heavy atom. The summed E-state index contributed by atoms with van der Waals surface area (Å²) in [5.41, 5.74) is 0.567. The van der Waals surface area contributed by atoms with Gasteiger partial charge in [-0.05, 0) is 18.2 Å². The average Bonchev–Trinajstić information content (AvgIpc) is 2.28. The molecule has 0 N–H and O–H groups in total. The standard InChI is InChI=1S/C11H11BrClNO2S/c12-9-5-8(6-10(13)7-9)11(15)14-1-3-17(16)4-2-14/h5-7H,1-4H2. The second-order valence-corrected chi connectivity index (χ2v) is 6.85. The third kappa shape index (κ3) is 3.30. The Morgan fingerprint density at radius 3 is 2.53 bits per heavy atom. The predicted octanol–water partition coefficient (Wildman–Crippen LogP) is 2.31. The van der Waals surface area contributed by atoms with E-state index in [1.807, 2.05) is 0 Å². The van der Waals surface area contributed by atoms with Crippen molar-refractivity contribution in [2.24, 2.45) is 0 Å². The Hall–Kier alpha value is -0.390. The number of rotatable bonds is 1. The molecule has 1 heterocycles. The Kier molecular flexibility index (Phi) is 4.22. The number of carbonyl (C=O) groups excluding carboxylic acids is 1. The molecule has 0 atom stereocenters. The summed E-state index contributed by atoms with van der Waals surface area (Å²) in [5.74, 6) is 1.07. The van der Waals surface area contributed by atoms with E-state index in [0.717, 1.165) is 4.47 Å². The molecule has 2 rings (SSSR count). The van der Waals surface area contributed by atoms with E-state index in [9.17, 15) is 9.00 Å². The van der Waals surface area contributed by atoms with Crippen molar-refractivity contribution in [3.63, 3.8) is 0 Å². The number of halogens is 2. The van der Waals surface area contributed by atoms with Gasteiger partial charge in [0.25, 0.3) is 5.91 Å². The van der Waals surface area contributed by atoms with E-state index in [4.69, 9.17) is 11.6 Å². The highest BCUT2D eigenvalue weighted by molar-refractivity contribution is 9.10. The quantitative estimate of drug-likeness (QED) is 0.789. The first-order valence-corrected chi connectivity index (χ1v) is 7.82. The highest BCUT2D eigenvalue weighted by Gasteiger charge is 2.21. The van der Waals surface area contributed by atoms with Gasteiger partial charge in [-0.25, -0.2) is 0 Å². The van der Waals surface area contributed by atoms with E-state index >= 15 is 0 Å². The topological polar surface area (TPSA) is 37.4 Å². The van der Waals surface area contributed by atoms with Crippen LogP contribution in [-0.4, -0.2) is 39.6 Å². The molecule has 0 saturated carbocycles. The molecule has 0 aromatic heterocycles. The molecule has 0 aliphatic carbocycles. The van der Waals surface area contributed by atoms with Crippen molar-refractivity contribution in [2.75, 3.05) is 24.6 Å². The fourth-order valence-corrected chi connectivity index (χ4v) is 3.61. The number of amides is 1. The second kappa shape index (κ2) is 5.50. The maximum absolute atomic E-state index is 12.2. The minimum atomic E-state index is -0.772. The minimum Gasteiger partial charge on any atom is -0.337 e. The molecule has 1 aliphatic rings. The molecule has 3 nitrogen and oxygen atoms in total. The van der Waals surface area contributed by atoms with Crippen molar-refractivity contribution in [3.05, 3.63) is 33.3 Å². The molecule has 1 aromatic rings. The van der Waals surface area contributed by atoms with Gasteiger partial charge >= 0.3 is 0 Å². The zero-order valence-corrected chi connectivity index (χ0v) is 12.1. The lowest BCUT2D eigenvalue weighted by Gasteiger charge is -2.26. The van der Waals surface area contributed by atoms with Crippen LogP contribution in [0.2, 0.25) is 5.02 Å². The fraction of sp³-hybridized carbons (Fsp3) is 0.364. The summed E-state index contributed by atoms with van der Waals surface area (Å²) < 4.78 is 12.0. The third-order valence-corrected chi connectivity index (χ3v) is 4.53. The van der Waals surface area contributed by atoms with Crippen molar-refractivity contribution < 1.29 is 9.00 Å². The van der Waals surface area contributed by atoms with Gasteiger partial charge in [0.05, 0.1) is 0 Å². The first kappa shape index (κ1) is 13.1. The number of carbonyl (C=O) groups is 1. The Labute approximate surface area is 116 Å². The first-order chi connectivity index (χ1) is 8.06. The lowest BCUT2D eigenvalue weighted by molar-refractivity contribution is 0.0771. The van der Waals surface area contributed by atoms with E-state index < -0.39 is 10.8 Å². The smallest absolute Gasteiger partial charge is 0.254 e. The zero-order chi connectivity index (χ0) is 12.4. The van der Waals surface area contributed by atoms with Gasteiger partial charge in [0.1, 0.15) is 0 Å². The fourth-order valence-electron chi connectivity index (χ4n) is 1.70. The van der Waals surface area contributed by atoms with E-state index in [1.165, 1.54) is 0 Å². The number of nitrogens with zero attached hydrogens (tertiary/aromatic N) is 1. The summed E-state index contributed by atoms with van der Waals surface area (Å²) in [6.07, 6.45) is 0. The van der Waals surface area contributed by atoms with Crippen LogP contribution < -0.4 is 0 Å². The lowest BCUT2D eigenvalue weighted by Crippen LogP contribution is -2.41. The Morgan fingerprint density at radius 1 is 1.29 bits per heavy atom. The molecule has 0 unspecified atom stereocenters. The normalized spacial score (nSPS) is 17.2. The van der Waals surface area contributed by atoms with Gasteiger partial charge in [0.15, 0.2) is 0 Å². The summed E-state index contributed by atoms with van der Waals surface area (Å²) in [4.78, 5) is 13.9. The van der Waals surface area contributed by atoms with Crippen LogP contribution in [-0.2, 0) is 10.8 Å². The van der Waals surface area contributed by atoms with Crippen LogP contribution in [0.1, 0.15) is 10.4 Å². The van der Waals surface area contributed by atoms with E-state index in [0.29, 0.717) is 35.2 Å². The molecular weight excluding hydrogens is 326 g/mol. The van der Waals surface area contributed by atoms with Gasteiger partial charge in [-0.3, -0.25) is 9.00 Å². The Bertz CT molecular complexity index is 450. The minimum absolute atomic E-state index is 0.0510. The predicted molar refractivity (Wildman–Crippen MR) is 72.9 cm³/mol. The second-order valence-electron chi connectivity index (χ2n) is 3.80. The summed E-state index contributed by atoms with van der Waals surface area (Å²) >= 11 is 9.22. The number of benzene rings is 1. The zero-order valence-electron chi connectivity index (χ0n) is 8.99. The van der Waals surface area contributed by atoms with Crippen LogP contribution in [0.5, 0.6) is 0 Å². The van der Waals surface area contributed by atoms with Crippen molar-refractivity contribution in [1.29, 1.82) is 0 Å². The van der Waals surface area contributed by atoms with Gasteiger partial charge < -0.3 is 4.90 Å². The summed E-state index contributed by atoms with van der Waals surface area (Å²) in [5, 5.41) is 0.531. The van der Waals surface area contributed by atoms with Crippen LogP contribution in [0.15, 0.2) is 22.7 Å². The van der Waals surface area contributed by atoms with Gasteiger partial charge in [-0.2, -0.15) is 0 Å². The first-order valence-electron chi connectivity index (χ1n) is 5.16. The van der Waals surface area contributed by atoms with Gasteiger partial charge in [-0.1, -0.05) is 27.5 Å². The number of hydrogen-bond donors (Lipinski definition) is 0. The van der Waals surface area contributed by atoms with Crippen LogP contribution in [0.4, 0.5) is 0 Å². The largest absolute Gasteiger partial charge is 0.337 e. The molecule has 17 heavy (non-hydrogen) atoms. The molecule has 1 aliphatic heterocycles. The van der Waals surface area contributed by atoms with E-state index in [-0.39, 0.29) is 5.91 Å². The summed E-state index contributed by atoms with van der Waals surface area (Å²) in [6, 6.07) is 5.14. The van der Waals surface area contributed by atoms with Crippen LogP contribution in [0, 0.1) is 0 Å². The molecule has 0 radical (unpaired) electrons. The van der Waals surface area contributed by atoms with Crippen molar-refractivity contribution in [1.82, 2.24) is 4.90 Å². The van der Waals surface area contributed by atoms with Gasteiger partial charge in [-0.15, -0.1) is 0 Å². The molecule has 1 fully saturated rings. The van der Waals surface area contributed by atoms with E-state index in [1.54, 1.807) is 23.1 Å². The molecule has 0 spiro atoms. The van der Waals surface area contributed by atoms with E-state index in [2.05, 4.69) is 15.9 Å². The van der Waals surface area contributed by atoms with Crippen LogP contribution in [0.3, 0.4) is 0 Å². The van der Waals surface area contributed by atoms with Crippen molar-refractivity contribution in [3.8, 4) is 0 Å². The molecule has 1 amide bonds. The molecular formula is C11H11BrClNO2S. The summed E-state index contributed by atoms with van der Waals surface area (Å²) in [7, 11) is -0.772. The monoisotopic (exact) mass is 335 g/mol. The maximum Gasteiger partial charge on any atom is 0.254 e. The van der Waals surface area contributed by atoms with Crippen LogP contribution >= 0.6 is 27.5 Å². The summed E-state index contributed by atoms with van der Waals surface area (Å²) in [6.45, 7) is 1.10. The molecule has 6 heteroatoms. The van der Waals surface area contributed by atoms with Gasteiger partial charge in [0, 0.05) is 50.5 Å². The lowest BCUT2D eigenvalue weighted by atomic mass is 10.2.